The summed E-state index contributed by atoms with van der Waals surface area (Å²) in [6.07, 6.45) is 5.16. The van der Waals surface area contributed by atoms with Crippen molar-refractivity contribution in [1.29, 1.82) is 0 Å². The molecule has 0 unspecified atom stereocenters. The maximum absolute atomic E-state index is 13.2. The van der Waals surface area contributed by atoms with Crippen molar-refractivity contribution in [2.24, 2.45) is 5.92 Å². The SMILES string of the molecule is O=C(CN1CCN(C2CCOCC2)CC1)Nc1nc(-c2ccco2)c(C(=O)C2CCOCC2)s1. The van der Waals surface area contributed by atoms with Gasteiger partial charge in [0, 0.05) is 64.6 Å². The molecule has 3 aliphatic heterocycles. The molecule has 0 bridgehead atoms. The summed E-state index contributed by atoms with van der Waals surface area (Å²) in [5, 5.41) is 3.36. The summed E-state index contributed by atoms with van der Waals surface area (Å²) in [6.45, 7) is 6.89. The third-order valence-electron chi connectivity index (χ3n) is 6.93. The molecule has 0 atom stereocenters. The lowest BCUT2D eigenvalue weighted by Crippen LogP contribution is -2.52. The van der Waals surface area contributed by atoms with E-state index in [0.29, 0.717) is 60.1 Å². The normalized spacial score (nSPS) is 21.5. The Kier molecular flexibility index (Phi) is 7.70. The van der Waals surface area contributed by atoms with Crippen LogP contribution in [-0.2, 0) is 14.3 Å². The number of hydrogen-bond donors (Lipinski definition) is 1. The molecule has 10 heteroatoms. The molecule has 1 N–H and O–H groups in total. The summed E-state index contributed by atoms with van der Waals surface area (Å²) in [5.41, 5.74) is 0.506. The predicted molar refractivity (Wildman–Crippen MR) is 128 cm³/mol. The number of furan rings is 1. The van der Waals surface area contributed by atoms with Crippen molar-refractivity contribution in [2.75, 3.05) is 64.5 Å². The van der Waals surface area contributed by atoms with Crippen LogP contribution in [0.25, 0.3) is 11.5 Å². The van der Waals surface area contributed by atoms with Gasteiger partial charge in [-0.2, -0.15) is 0 Å². The number of hydrogen-bond acceptors (Lipinski definition) is 9. The molecule has 1 amide bonds. The molecule has 2 aromatic rings. The Labute approximate surface area is 203 Å². The van der Waals surface area contributed by atoms with Gasteiger partial charge in [-0.3, -0.25) is 19.4 Å². The highest BCUT2D eigenvalue weighted by molar-refractivity contribution is 7.18. The summed E-state index contributed by atoms with van der Waals surface area (Å²) in [4.78, 5) is 35.9. The van der Waals surface area contributed by atoms with Crippen LogP contribution < -0.4 is 5.32 Å². The van der Waals surface area contributed by atoms with E-state index in [4.69, 9.17) is 13.9 Å². The van der Waals surface area contributed by atoms with Crippen LogP contribution in [0.3, 0.4) is 0 Å². The minimum atomic E-state index is -0.107. The van der Waals surface area contributed by atoms with Crippen molar-refractivity contribution < 1.29 is 23.5 Å². The first kappa shape index (κ1) is 23.6. The number of thiazole rings is 1. The van der Waals surface area contributed by atoms with Gasteiger partial charge in [-0.1, -0.05) is 11.3 Å². The Morgan fingerprint density at radius 3 is 2.41 bits per heavy atom. The van der Waals surface area contributed by atoms with E-state index in [-0.39, 0.29) is 17.6 Å². The minimum Gasteiger partial charge on any atom is -0.463 e. The largest absolute Gasteiger partial charge is 0.463 e. The average Bonchev–Trinajstić information content (AvgIpc) is 3.55. The minimum absolute atomic E-state index is 0.0527. The number of nitrogens with zero attached hydrogens (tertiary/aromatic N) is 3. The van der Waals surface area contributed by atoms with E-state index in [1.165, 1.54) is 11.3 Å². The number of rotatable bonds is 7. The number of carbonyl (C=O) groups is 2. The number of ketones is 1. The number of ether oxygens (including phenoxy) is 2. The van der Waals surface area contributed by atoms with Crippen LogP contribution in [0.5, 0.6) is 0 Å². The van der Waals surface area contributed by atoms with Crippen molar-refractivity contribution in [1.82, 2.24) is 14.8 Å². The Morgan fingerprint density at radius 1 is 1.03 bits per heavy atom. The lowest BCUT2D eigenvalue weighted by molar-refractivity contribution is -0.117. The smallest absolute Gasteiger partial charge is 0.240 e. The van der Waals surface area contributed by atoms with Crippen LogP contribution in [0.1, 0.15) is 35.4 Å². The molecule has 0 radical (unpaired) electrons. The van der Waals surface area contributed by atoms with Gasteiger partial charge in [-0.15, -0.1) is 0 Å². The first-order chi connectivity index (χ1) is 16.7. The highest BCUT2D eigenvalue weighted by atomic mass is 32.1. The molecule has 3 aliphatic rings. The van der Waals surface area contributed by atoms with Gasteiger partial charge >= 0.3 is 0 Å². The molecule has 34 heavy (non-hydrogen) atoms. The van der Waals surface area contributed by atoms with Crippen molar-refractivity contribution >= 4 is 28.2 Å². The number of aromatic nitrogens is 1. The average molecular weight is 489 g/mol. The lowest BCUT2D eigenvalue weighted by atomic mass is 9.94. The summed E-state index contributed by atoms with van der Waals surface area (Å²) in [7, 11) is 0. The molecule has 5 rings (SSSR count). The molecule has 2 aromatic heterocycles. The second-order valence-electron chi connectivity index (χ2n) is 9.13. The molecular formula is C24H32N4O5S. The highest BCUT2D eigenvalue weighted by Crippen LogP contribution is 2.35. The van der Waals surface area contributed by atoms with Crippen molar-refractivity contribution in [3.05, 3.63) is 23.3 Å². The maximum Gasteiger partial charge on any atom is 0.240 e. The number of carbonyl (C=O) groups excluding carboxylic acids is 2. The number of amides is 1. The van der Waals surface area contributed by atoms with Gasteiger partial charge in [0.1, 0.15) is 10.6 Å². The van der Waals surface area contributed by atoms with Crippen molar-refractivity contribution in [3.8, 4) is 11.5 Å². The third-order valence-corrected chi connectivity index (χ3v) is 7.91. The van der Waals surface area contributed by atoms with Crippen LogP contribution >= 0.6 is 11.3 Å². The Bertz CT molecular complexity index is 958. The zero-order valence-corrected chi connectivity index (χ0v) is 20.2. The van der Waals surface area contributed by atoms with E-state index in [2.05, 4.69) is 20.1 Å². The van der Waals surface area contributed by atoms with E-state index >= 15 is 0 Å². The lowest BCUT2D eigenvalue weighted by Gasteiger charge is -2.40. The van der Waals surface area contributed by atoms with Crippen LogP contribution in [0.4, 0.5) is 5.13 Å². The topological polar surface area (TPSA) is 97.1 Å². The molecule has 0 aliphatic carbocycles. The molecular weight excluding hydrogens is 456 g/mol. The molecule has 5 heterocycles. The van der Waals surface area contributed by atoms with Crippen LogP contribution in [-0.4, -0.2) is 91.7 Å². The number of piperazine rings is 1. The zero-order chi connectivity index (χ0) is 23.3. The molecule has 3 saturated heterocycles. The molecule has 0 aromatic carbocycles. The van der Waals surface area contributed by atoms with Crippen molar-refractivity contribution in [3.63, 3.8) is 0 Å². The van der Waals surface area contributed by atoms with Crippen LogP contribution in [0.15, 0.2) is 22.8 Å². The zero-order valence-electron chi connectivity index (χ0n) is 19.4. The second kappa shape index (κ2) is 11.1. The second-order valence-corrected chi connectivity index (χ2v) is 10.1. The van der Waals surface area contributed by atoms with E-state index in [0.717, 1.165) is 52.2 Å². The fraction of sp³-hybridized carbons (Fsp3) is 0.625. The standard InChI is InChI=1S/C24H32N4O5S/c29-20(16-27-7-9-28(10-8-27)18-5-14-32-15-6-18)25-24-26-21(19-2-1-11-33-19)23(34-24)22(30)17-3-12-31-13-4-17/h1-2,11,17-18H,3-10,12-16H2,(H,25,26,29). The fourth-order valence-corrected chi connectivity index (χ4v) is 5.97. The predicted octanol–water partition coefficient (Wildman–Crippen LogP) is 2.75. The van der Waals surface area contributed by atoms with Gasteiger partial charge in [-0.05, 0) is 37.8 Å². The quantitative estimate of drug-likeness (QED) is 0.595. The van der Waals surface area contributed by atoms with E-state index in [1.54, 1.807) is 18.4 Å². The molecule has 3 fully saturated rings. The number of nitrogens with one attached hydrogen (secondary N) is 1. The van der Waals surface area contributed by atoms with E-state index in [9.17, 15) is 9.59 Å². The third kappa shape index (κ3) is 5.58. The van der Waals surface area contributed by atoms with Gasteiger partial charge in [-0.25, -0.2) is 4.98 Å². The first-order valence-electron chi connectivity index (χ1n) is 12.2. The molecule has 9 nitrogen and oxygen atoms in total. The molecule has 0 spiro atoms. The summed E-state index contributed by atoms with van der Waals surface area (Å²) in [6, 6.07) is 4.17. The Balaban J connectivity index is 1.20. The van der Waals surface area contributed by atoms with Crippen LogP contribution in [0.2, 0.25) is 0 Å². The number of anilines is 1. The van der Waals surface area contributed by atoms with Gasteiger partial charge in [0.05, 0.1) is 12.8 Å². The molecule has 184 valence electrons. The summed E-state index contributed by atoms with van der Waals surface area (Å²) < 4.78 is 16.4. The van der Waals surface area contributed by atoms with Gasteiger partial charge in [0.2, 0.25) is 5.91 Å². The number of Topliss-reactive ketones (excluding diaryl/α,β-unsaturated/α-hetero) is 1. The summed E-state index contributed by atoms with van der Waals surface area (Å²) in [5.74, 6) is 0.399. The molecule has 0 saturated carbocycles. The van der Waals surface area contributed by atoms with Gasteiger partial charge < -0.3 is 19.2 Å². The van der Waals surface area contributed by atoms with E-state index in [1.807, 2.05) is 0 Å². The van der Waals surface area contributed by atoms with Crippen LogP contribution in [0, 0.1) is 5.92 Å². The Hall–Kier alpha value is -2.11. The summed E-state index contributed by atoms with van der Waals surface area (Å²) >= 11 is 1.24. The van der Waals surface area contributed by atoms with Gasteiger partial charge in [0.25, 0.3) is 0 Å². The monoisotopic (exact) mass is 488 g/mol. The fourth-order valence-electron chi connectivity index (χ4n) is 4.96. The first-order valence-corrected chi connectivity index (χ1v) is 13.0. The van der Waals surface area contributed by atoms with Gasteiger partial charge in [0.15, 0.2) is 16.7 Å². The van der Waals surface area contributed by atoms with Crippen molar-refractivity contribution in [2.45, 2.75) is 31.7 Å². The van der Waals surface area contributed by atoms with E-state index < -0.39 is 0 Å². The Morgan fingerprint density at radius 2 is 1.74 bits per heavy atom. The highest BCUT2D eigenvalue weighted by Gasteiger charge is 2.30. The maximum atomic E-state index is 13.2.